The summed E-state index contributed by atoms with van der Waals surface area (Å²) in [5.41, 5.74) is 2.26. The molecular formula is C21H29N3O3. The van der Waals surface area contributed by atoms with Gasteiger partial charge in [-0.05, 0) is 37.1 Å². The van der Waals surface area contributed by atoms with Gasteiger partial charge in [-0.2, -0.15) is 0 Å². The number of ether oxygens (including phenoxy) is 3. The highest BCUT2D eigenvalue weighted by Crippen LogP contribution is 2.27. The third-order valence-corrected chi connectivity index (χ3v) is 4.10. The first kappa shape index (κ1) is 20.4. The largest absolute Gasteiger partial charge is 0.494 e. The molecule has 0 spiro atoms. The maximum Gasteiger partial charge on any atom is 0.191 e. The quantitative estimate of drug-likeness (QED) is 0.524. The molecular weight excluding hydrogens is 342 g/mol. The van der Waals surface area contributed by atoms with Crippen LogP contribution in [-0.4, -0.2) is 40.4 Å². The number of rotatable bonds is 9. The summed E-state index contributed by atoms with van der Waals surface area (Å²) in [6.45, 7) is 4.03. The zero-order valence-electron chi connectivity index (χ0n) is 16.5. The van der Waals surface area contributed by atoms with E-state index < -0.39 is 0 Å². The Hall–Kier alpha value is -2.89. The maximum absolute atomic E-state index is 5.66. The molecule has 2 aromatic rings. The lowest BCUT2D eigenvalue weighted by Gasteiger charge is -2.15. The second-order valence-electron chi connectivity index (χ2n) is 5.83. The van der Waals surface area contributed by atoms with Gasteiger partial charge in [0.15, 0.2) is 17.5 Å². The van der Waals surface area contributed by atoms with Crippen molar-refractivity contribution >= 4 is 5.96 Å². The van der Waals surface area contributed by atoms with Crippen molar-refractivity contribution in [2.45, 2.75) is 19.9 Å². The predicted octanol–water partition coefficient (Wildman–Crippen LogP) is 3.01. The Morgan fingerprint density at radius 2 is 1.74 bits per heavy atom. The second-order valence-corrected chi connectivity index (χ2v) is 5.83. The Labute approximate surface area is 161 Å². The number of benzene rings is 2. The van der Waals surface area contributed by atoms with Crippen LogP contribution < -0.4 is 24.8 Å². The van der Waals surface area contributed by atoms with E-state index in [-0.39, 0.29) is 0 Å². The molecule has 146 valence electrons. The van der Waals surface area contributed by atoms with E-state index in [1.165, 1.54) is 0 Å². The fourth-order valence-corrected chi connectivity index (χ4v) is 2.71. The van der Waals surface area contributed by atoms with Crippen LogP contribution in [0.15, 0.2) is 47.5 Å². The van der Waals surface area contributed by atoms with Gasteiger partial charge in [0.2, 0.25) is 0 Å². The molecule has 27 heavy (non-hydrogen) atoms. The van der Waals surface area contributed by atoms with Crippen molar-refractivity contribution in [3.05, 3.63) is 53.6 Å². The Balaban J connectivity index is 1.86. The standard InChI is InChI=1S/C21H29N3O3/c1-5-27-18-9-7-6-8-17(18)15-24-21(22-2)23-13-12-16-10-11-19(25-3)20(14-16)26-4/h6-11,14H,5,12-13,15H2,1-4H3,(H2,22,23,24). The summed E-state index contributed by atoms with van der Waals surface area (Å²) < 4.78 is 16.3. The summed E-state index contributed by atoms with van der Waals surface area (Å²) in [5, 5.41) is 6.66. The molecule has 0 unspecified atom stereocenters. The monoisotopic (exact) mass is 371 g/mol. The van der Waals surface area contributed by atoms with Crippen LogP contribution in [0.25, 0.3) is 0 Å². The van der Waals surface area contributed by atoms with Crippen molar-refractivity contribution < 1.29 is 14.2 Å². The summed E-state index contributed by atoms with van der Waals surface area (Å²) in [6, 6.07) is 14.0. The zero-order valence-corrected chi connectivity index (χ0v) is 16.5. The molecule has 0 aliphatic rings. The summed E-state index contributed by atoms with van der Waals surface area (Å²) in [6.07, 6.45) is 0.844. The summed E-state index contributed by atoms with van der Waals surface area (Å²) in [4.78, 5) is 4.28. The van der Waals surface area contributed by atoms with E-state index in [0.29, 0.717) is 13.2 Å². The van der Waals surface area contributed by atoms with E-state index in [4.69, 9.17) is 14.2 Å². The first-order valence-electron chi connectivity index (χ1n) is 9.08. The molecule has 0 amide bonds. The molecule has 0 atom stereocenters. The van der Waals surface area contributed by atoms with Gasteiger partial charge < -0.3 is 24.8 Å². The van der Waals surface area contributed by atoms with Crippen LogP contribution in [0.3, 0.4) is 0 Å². The molecule has 6 nitrogen and oxygen atoms in total. The van der Waals surface area contributed by atoms with E-state index in [1.807, 2.05) is 43.3 Å². The molecule has 6 heteroatoms. The van der Waals surface area contributed by atoms with Gasteiger partial charge in [0.1, 0.15) is 5.75 Å². The van der Waals surface area contributed by atoms with Gasteiger partial charge in [-0.1, -0.05) is 24.3 Å². The van der Waals surface area contributed by atoms with E-state index in [9.17, 15) is 0 Å². The molecule has 0 radical (unpaired) electrons. The lowest BCUT2D eigenvalue weighted by atomic mass is 10.1. The topological polar surface area (TPSA) is 64.1 Å². The minimum Gasteiger partial charge on any atom is -0.494 e. The van der Waals surface area contributed by atoms with Crippen molar-refractivity contribution in [2.75, 3.05) is 34.4 Å². The van der Waals surface area contributed by atoms with Crippen LogP contribution in [0.1, 0.15) is 18.1 Å². The Morgan fingerprint density at radius 3 is 2.44 bits per heavy atom. The minimum atomic E-state index is 0.645. The molecule has 0 saturated carbocycles. The molecule has 0 aliphatic carbocycles. The fourth-order valence-electron chi connectivity index (χ4n) is 2.71. The highest BCUT2D eigenvalue weighted by Gasteiger charge is 2.06. The highest BCUT2D eigenvalue weighted by molar-refractivity contribution is 5.79. The van der Waals surface area contributed by atoms with Crippen LogP contribution in [0.2, 0.25) is 0 Å². The summed E-state index contributed by atoms with van der Waals surface area (Å²) in [5.74, 6) is 3.12. The Bertz CT molecular complexity index is 747. The van der Waals surface area contributed by atoms with Gasteiger partial charge in [-0.25, -0.2) is 0 Å². The first-order chi connectivity index (χ1) is 13.2. The number of nitrogens with zero attached hydrogens (tertiary/aromatic N) is 1. The minimum absolute atomic E-state index is 0.645. The normalized spacial score (nSPS) is 11.0. The van der Waals surface area contributed by atoms with Crippen LogP contribution in [0.5, 0.6) is 17.2 Å². The average molecular weight is 371 g/mol. The predicted molar refractivity (Wildman–Crippen MR) is 109 cm³/mol. The molecule has 2 rings (SSSR count). The van der Waals surface area contributed by atoms with Gasteiger partial charge >= 0.3 is 0 Å². The van der Waals surface area contributed by atoms with Crippen LogP contribution in [0.4, 0.5) is 0 Å². The van der Waals surface area contributed by atoms with Crippen molar-refractivity contribution in [1.82, 2.24) is 10.6 Å². The maximum atomic E-state index is 5.66. The Kier molecular flexibility index (Phi) is 8.29. The number of para-hydroxylation sites is 1. The number of nitrogens with one attached hydrogen (secondary N) is 2. The van der Waals surface area contributed by atoms with Crippen LogP contribution >= 0.6 is 0 Å². The second kappa shape index (κ2) is 11.0. The fraction of sp³-hybridized carbons (Fsp3) is 0.381. The SMILES string of the molecule is CCOc1ccccc1CNC(=NC)NCCc1ccc(OC)c(OC)c1. The zero-order chi connectivity index (χ0) is 19.5. The number of hydrogen-bond donors (Lipinski definition) is 2. The smallest absolute Gasteiger partial charge is 0.191 e. The molecule has 0 bridgehead atoms. The van der Waals surface area contributed by atoms with Gasteiger partial charge in [-0.3, -0.25) is 4.99 Å². The van der Waals surface area contributed by atoms with Crippen molar-refractivity contribution in [3.8, 4) is 17.2 Å². The first-order valence-corrected chi connectivity index (χ1v) is 9.08. The van der Waals surface area contributed by atoms with Crippen molar-refractivity contribution in [3.63, 3.8) is 0 Å². The molecule has 0 aliphatic heterocycles. The van der Waals surface area contributed by atoms with Crippen molar-refractivity contribution in [2.24, 2.45) is 4.99 Å². The summed E-state index contributed by atoms with van der Waals surface area (Å²) >= 11 is 0. The molecule has 2 N–H and O–H groups in total. The average Bonchev–Trinajstić information content (AvgIpc) is 2.71. The van der Waals surface area contributed by atoms with E-state index in [2.05, 4.69) is 21.7 Å². The van der Waals surface area contributed by atoms with Gasteiger partial charge in [0.25, 0.3) is 0 Å². The van der Waals surface area contributed by atoms with Gasteiger partial charge in [0.05, 0.1) is 20.8 Å². The number of methoxy groups -OCH3 is 2. The highest BCUT2D eigenvalue weighted by atomic mass is 16.5. The molecule has 0 aromatic heterocycles. The lowest BCUT2D eigenvalue weighted by molar-refractivity contribution is 0.336. The van der Waals surface area contributed by atoms with Crippen molar-refractivity contribution in [1.29, 1.82) is 0 Å². The van der Waals surface area contributed by atoms with Crippen LogP contribution in [0, 0.1) is 0 Å². The van der Waals surface area contributed by atoms with Gasteiger partial charge in [-0.15, -0.1) is 0 Å². The summed E-state index contributed by atoms with van der Waals surface area (Å²) in [7, 11) is 5.05. The Morgan fingerprint density at radius 1 is 0.963 bits per heavy atom. The van der Waals surface area contributed by atoms with Gasteiger partial charge in [0, 0.05) is 25.7 Å². The van der Waals surface area contributed by atoms with Crippen LogP contribution in [-0.2, 0) is 13.0 Å². The third kappa shape index (κ3) is 6.09. The number of guanidine groups is 1. The third-order valence-electron chi connectivity index (χ3n) is 4.10. The molecule has 0 fully saturated rings. The molecule has 2 aromatic carbocycles. The van der Waals surface area contributed by atoms with E-state index >= 15 is 0 Å². The number of aliphatic imine (C=N–C) groups is 1. The lowest BCUT2D eigenvalue weighted by Crippen LogP contribution is -2.37. The van der Waals surface area contributed by atoms with E-state index in [0.717, 1.165) is 47.3 Å². The van der Waals surface area contributed by atoms with E-state index in [1.54, 1.807) is 21.3 Å². The molecule has 0 heterocycles. The molecule has 0 saturated heterocycles. The number of hydrogen-bond acceptors (Lipinski definition) is 4.